The highest BCUT2D eigenvalue weighted by molar-refractivity contribution is 6.00. The first-order valence-corrected chi connectivity index (χ1v) is 7.25. The van der Waals surface area contributed by atoms with Crippen molar-refractivity contribution < 1.29 is 14.7 Å². The molecule has 4 nitrogen and oxygen atoms in total. The van der Waals surface area contributed by atoms with Crippen LogP contribution in [0.3, 0.4) is 0 Å². The maximum Gasteiger partial charge on any atom is 0.313 e. The Morgan fingerprint density at radius 2 is 1.90 bits per heavy atom. The molecule has 106 valence electrons. The quantitative estimate of drug-likeness (QED) is 0.901. The second-order valence-corrected chi connectivity index (χ2v) is 5.79. The second kappa shape index (κ2) is 4.93. The van der Waals surface area contributed by atoms with Crippen LogP contribution in [0.2, 0.25) is 0 Å². The summed E-state index contributed by atoms with van der Waals surface area (Å²) < 4.78 is 0. The Morgan fingerprint density at radius 1 is 1.25 bits per heavy atom. The van der Waals surface area contributed by atoms with Crippen LogP contribution in [-0.4, -0.2) is 34.0 Å². The highest BCUT2D eigenvalue weighted by Gasteiger charge is 2.43. The van der Waals surface area contributed by atoms with Crippen LogP contribution in [0.4, 0.5) is 0 Å². The van der Waals surface area contributed by atoms with E-state index in [1.807, 2.05) is 11.8 Å². The van der Waals surface area contributed by atoms with Gasteiger partial charge in [-0.05, 0) is 31.4 Å². The van der Waals surface area contributed by atoms with Gasteiger partial charge in [-0.2, -0.15) is 0 Å². The summed E-state index contributed by atoms with van der Waals surface area (Å²) in [6.45, 7) is 1.87. The third kappa shape index (κ3) is 1.90. The van der Waals surface area contributed by atoms with Crippen molar-refractivity contribution in [3.63, 3.8) is 0 Å². The minimum atomic E-state index is -0.847. The van der Waals surface area contributed by atoms with E-state index < -0.39 is 11.9 Å². The molecule has 0 saturated heterocycles. The molecule has 1 aromatic carbocycles. The molecule has 1 aliphatic heterocycles. The van der Waals surface area contributed by atoms with Crippen molar-refractivity contribution in [3.05, 3.63) is 35.4 Å². The number of carboxylic acids is 1. The lowest BCUT2D eigenvalue weighted by Gasteiger charge is -2.42. The number of rotatable bonds is 2. The lowest BCUT2D eigenvalue weighted by atomic mass is 9.82. The molecule has 1 saturated carbocycles. The van der Waals surface area contributed by atoms with Crippen LogP contribution < -0.4 is 0 Å². The van der Waals surface area contributed by atoms with Gasteiger partial charge in [0.25, 0.3) is 5.91 Å². The lowest BCUT2D eigenvalue weighted by Crippen LogP contribution is -2.52. The van der Waals surface area contributed by atoms with Gasteiger partial charge in [0.15, 0.2) is 0 Å². The smallest absolute Gasteiger partial charge is 0.313 e. The fraction of sp³-hybridized carbons (Fsp3) is 0.500. The molecule has 1 amide bonds. The number of benzene rings is 1. The van der Waals surface area contributed by atoms with E-state index in [9.17, 15) is 14.7 Å². The summed E-state index contributed by atoms with van der Waals surface area (Å²) in [5.41, 5.74) is 1.22. The van der Waals surface area contributed by atoms with Crippen molar-refractivity contribution in [1.29, 1.82) is 0 Å². The van der Waals surface area contributed by atoms with Gasteiger partial charge in [-0.3, -0.25) is 9.59 Å². The maximum absolute atomic E-state index is 12.7. The van der Waals surface area contributed by atoms with Crippen molar-refractivity contribution in [1.82, 2.24) is 4.90 Å². The predicted octanol–water partition coefficient (Wildman–Crippen LogP) is 2.64. The van der Waals surface area contributed by atoms with E-state index in [0.29, 0.717) is 11.1 Å². The molecule has 1 aromatic rings. The molecule has 1 fully saturated rings. The van der Waals surface area contributed by atoms with Gasteiger partial charge in [0.2, 0.25) is 0 Å². The highest BCUT2D eigenvalue weighted by Crippen LogP contribution is 2.37. The first-order valence-electron chi connectivity index (χ1n) is 7.25. The summed E-state index contributed by atoms with van der Waals surface area (Å²) in [5, 5.41) is 9.56. The Labute approximate surface area is 118 Å². The van der Waals surface area contributed by atoms with E-state index in [0.717, 1.165) is 25.7 Å². The van der Waals surface area contributed by atoms with Gasteiger partial charge in [-0.25, -0.2) is 0 Å². The molecule has 0 bridgehead atoms. The Bertz CT molecular complexity index is 548. The molecular formula is C16H19NO3. The number of hydrogen-bond acceptors (Lipinski definition) is 2. The molecule has 2 atom stereocenters. The van der Waals surface area contributed by atoms with Crippen molar-refractivity contribution in [2.75, 3.05) is 0 Å². The van der Waals surface area contributed by atoms with Crippen molar-refractivity contribution >= 4 is 11.9 Å². The van der Waals surface area contributed by atoms with Crippen LogP contribution >= 0.6 is 0 Å². The average Bonchev–Trinajstić information content (AvgIpc) is 2.92. The van der Waals surface area contributed by atoms with Gasteiger partial charge in [0.05, 0.1) is 0 Å². The standard InChI is InChI=1S/C16H19NO3/c1-10-14(16(19)20)12-8-4-5-9-13(12)15(18)17(10)11-6-2-3-7-11/h4-5,8-11,14H,2-3,6-7H2,1H3,(H,19,20). The summed E-state index contributed by atoms with van der Waals surface area (Å²) in [6.07, 6.45) is 4.23. The number of aliphatic carboxylic acids is 1. The molecule has 0 spiro atoms. The van der Waals surface area contributed by atoms with E-state index in [1.165, 1.54) is 0 Å². The van der Waals surface area contributed by atoms with Gasteiger partial charge >= 0.3 is 5.97 Å². The van der Waals surface area contributed by atoms with E-state index in [1.54, 1.807) is 24.3 Å². The lowest BCUT2D eigenvalue weighted by molar-refractivity contribution is -0.140. The predicted molar refractivity (Wildman–Crippen MR) is 74.7 cm³/mol. The van der Waals surface area contributed by atoms with Crippen LogP contribution in [0, 0.1) is 0 Å². The third-order valence-corrected chi connectivity index (χ3v) is 4.67. The number of carbonyl (C=O) groups excluding carboxylic acids is 1. The normalized spacial score (nSPS) is 26.6. The van der Waals surface area contributed by atoms with Gasteiger partial charge in [-0.1, -0.05) is 31.0 Å². The zero-order valence-electron chi connectivity index (χ0n) is 11.6. The Hall–Kier alpha value is -1.84. The van der Waals surface area contributed by atoms with Crippen LogP contribution in [0.1, 0.15) is 54.4 Å². The average molecular weight is 273 g/mol. The van der Waals surface area contributed by atoms with Gasteiger partial charge in [0.1, 0.15) is 5.92 Å². The van der Waals surface area contributed by atoms with Crippen molar-refractivity contribution in [3.8, 4) is 0 Å². The summed E-state index contributed by atoms with van der Waals surface area (Å²) in [7, 11) is 0. The number of amides is 1. The molecule has 3 rings (SSSR count). The van der Waals surface area contributed by atoms with Gasteiger partial charge in [0, 0.05) is 17.6 Å². The first-order chi connectivity index (χ1) is 9.61. The van der Waals surface area contributed by atoms with Gasteiger partial charge in [-0.15, -0.1) is 0 Å². The maximum atomic E-state index is 12.7. The summed E-state index contributed by atoms with van der Waals surface area (Å²) in [4.78, 5) is 26.2. The van der Waals surface area contributed by atoms with Crippen molar-refractivity contribution in [2.45, 2.75) is 50.6 Å². The van der Waals surface area contributed by atoms with Crippen LogP contribution in [-0.2, 0) is 4.79 Å². The molecule has 0 radical (unpaired) electrons. The third-order valence-electron chi connectivity index (χ3n) is 4.67. The number of nitrogens with zero attached hydrogens (tertiary/aromatic N) is 1. The summed E-state index contributed by atoms with van der Waals surface area (Å²) in [5.74, 6) is -1.47. The summed E-state index contributed by atoms with van der Waals surface area (Å²) >= 11 is 0. The van der Waals surface area contributed by atoms with E-state index in [4.69, 9.17) is 0 Å². The van der Waals surface area contributed by atoms with Crippen LogP contribution in [0.5, 0.6) is 0 Å². The minimum Gasteiger partial charge on any atom is -0.481 e. The Kier molecular flexibility index (Phi) is 3.24. The SMILES string of the molecule is CC1C(C(=O)O)c2ccccc2C(=O)N1C1CCCC1. The molecule has 1 aliphatic carbocycles. The molecule has 20 heavy (non-hydrogen) atoms. The molecular weight excluding hydrogens is 254 g/mol. The molecule has 0 aromatic heterocycles. The van der Waals surface area contributed by atoms with E-state index in [2.05, 4.69) is 0 Å². The van der Waals surface area contributed by atoms with Crippen LogP contribution in [0.15, 0.2) is 24.3 Å². The van der Waals surface area contributed by atoms with E-state index in [-0.39, 0.29) is 18.0 Å². The molecule has 2 aliphatic rings. The number of hydrogen-bond donors (Lipinski definition) is 1. The summed E-state index contributed by atoms with van der Waals surface area (Å²) in [6, 6.07) is 7.06. The Balaban J connectivity index is 2.07. The molecule has 1 heterocycles. The zero-order chi connectivity index (χ0) is 14.3. The first kappa shape index (κ1) is 13.2. The van der Waals surface area contributed by atoms with Crippen molar-refractivity contribution in [2.24, 2.45) is 0 Å². The second-order valence-electron chi connectivity index (χ2n) is 5.79. The molecule has 4 heteroatoms. The zero-order valence-corrected chi connectivity index (χ0v) is 11.6. The largest absolute Gasteiger partial charge is 0.481 e. The molecule has 1 N–H and O–H groups in total. The molecule has 2 unspecified atom stereocenters. The Morgan fingerprint density at radius 3 is 2.55 bits per heavy atom. The number of carbonyl (C=O) groups is 2. The fourth-order valence-electron chi connectivity index (χ4n) is 3.73. The minimum absolute atomic E-state index is 0.00231. The highest BCUT2D eigenvalue weighted by atomic mass is 16.4. The topological polar surface area (TPSA) is 57.6 Å². The monoisotopic (exact) mass is 273 g/mol. The number of fused-ring (bicyclic) bond motifs is 1. The van der Waals surface area contributed by atoms with Crippen LogP contribution in [0.25, 0.3) is 0 Å². The fourth-order valence-corrected chi connectivity index (χ4v) is 3.73. The van der Waals surface area contributed by atoms with E-state index >= 15 is 0 Å². The van der Waals surface area contributed by atoms with Gasteiger partial charge < -0.3 is 10.0 Å². The number of carboxylic acid groups (broad SMARTS) is 1.